The molecule has 1 N–H and O–H groups in total. The molecule has 2 aromatic rings. The number of rotatable bonds is 4. The number of hydrogen-bond acceptors (Lipinski definition) is 3. The van der Waals surface area contributed by atoms with Crippen LogP contribution < -0.4 is 5.32 Å². The van der Waals surface area contributed by atoms with Crippen molar-refractivity contribution in [3.8, 4) is 0 Å². The van der Waals surface area contributed by atoms with Gasteiger partial charge in [0.2, 0.25) is 0 Å². The number of nitrogens with zero attached hydrogens (tertiary/aromatic N) is 3. The Morgan fingerprint density at radius 3 is 2.89 bits per heavy atom. The van der Waals surface area contributed by atoms with Gasteiger partial charge < -0.3 is 9.88 Å². The normalized spacial score (nSPS) is 12.2. The van der Waals surface area contributed by atoms with E-state index in [0.29, 0.717) is 5.69 Å². The third kappa shape index (κ3) is 2.99. The quantitative estimate of drug-likeness (QED) is 0.912. The van der Waals surface area contributed by atoms with Crippen LogP contribution in [0.1, 0.15) is 41.1 Å². The summed E-state index contributed by atoms with van der Waals surface area (Å²) in [6.45, 7) is 4.04. The lowest BCUT2D eigenvalue weighted by atomic mass is 10.1. The van der Waals surface area contributed by atoms with E-state index in [1.54, 1.807) is 30.3 Å². The Morgan fingerprint density at radius 1 is 1.53 bits per heavy atom. The minimum atomic E-state index is -0.129. The van der Waals surface area contributed by atoms with Crippen LogP contribution in [0.3, 0.4) is 0 Å². The van der Waals surface area contributed by atoms with Crippen molar-refractivity contribution in [1.82, 2.24) is 19.9 Å². The summed E-state index contributed by atoms with van der Waals surface area (Å²) in [7, 11) is 1.80. The summed E-state index contributed by atoms with van der Waals surface area (Å²) in [5, 5.41) is 2.99. The molecule has 0 bridgehead atoms. The summed E-state index contributed by atoms with van der Waals surface area (Å²) in [6.07, 6.45) is 5.73. The number of hydrogen-bond donors (Lipinski definition) is 1. The molecule has 1 amide bonds. The highest BCUT2D eigenvalue weighted by Crippen LogP contribution is 2.15. The molecule has 0 saturated carbocycles. The molecule has 0 fully saturated rings. The van der Waals surface area contributed by atoms with Crippen LogP contribution in [0.2, 0.25) is 0 Å². The summed E-state index contributed by atoms with van der Waals surface area (Å²) in [5.41, 5.74) is 2.57. The van der Waals surface area contributed by atoms with Gasteiger partial charge in [-0.25, -0.2) is 4.98 Å². The highest BCUT2D eigenvalue weighted by Gasteiger charge is 2.17. The molecule has 0 aliphatic rings. The largest absolute Gasteiger partial charge is 0.342 e. The Bertz CT molecular complexity index is 576. The van der Waals surface area contributed by atoms with Gasteiger partial charge in [-0.05, 0) is 31.0 Å². The van der Waals surface area contributed by atoms with E-state index in [1.165, 1.54) is 0 Å². The number of aromatic nitrogens is 3. The summed E-state index contributed by atoms with van der Waals surface area (Å²) in [4.78, 5) is 20.4. The molecule has 5 heteroatoms. The zero-order valence-corrected chi connectivity index (χ0v) is 11.4. The van der Waals surface area contributed by atoms with E-state index in [9.17, 15) is 4.79 Å². The van der Waals surface area contributed by atoms with E-state index >= 15 is 0 Å². The Kier molecular flexibility index (Phi) is 3.94. The average Bonchev–Trinajstić information content (AvgIpc) is 2.82. The molecule has 0 spiro atoms. The second kappa shape index (κ2) is 5.65. The molecule has 0 saturated heterocycles. The standard InChI is InChI=1S/C14H18N4O/c1-4-11(12-7-10(2)5-6-16-12)17-14(19)13-8-15-9-18(13)3/h5-9,11H,4H2,1-3H3,(H,17,19)/t11-/m1/s1. The van der Waals surface area contributed by atoms with E-state index in [4.69, 9.17) is 0 Å². The Labute approximate surface area is 112 Å². The lowest BCUT2D eigenvalue weighted by Crippen LogP contribution is -2.30. The van der Waals surface area contributed by atoms with Crippen LogP contribution in [0.5, 0.6) is 0 Å². The summed E-state index contributed by atoms with van der Waals surface area (Å²) in [5.74, 6) is -0.129. The zero-order chi connectivity index (χ0) is 13.8. The first kappa shape index (κ1) is 13.3. The predicted octanol–water partition coefficient (Wildman–Crippen LogP) is 2.00. The number of aryl methyl sites for hydroxylation is 2. The fourth-order valence-corrected chi connectivity index (χ4v) is 1.94. The van der Waals surface area contributed by atoms with Gasteiger partial charge in [-0.15, -0.1) is 0 Å². The molecule has 19 heavy (non-hydrogen) atoms. The molecule has 0 aliphatic carbocycles. The van der Waals surface area contributed by atoms with Crippen LogP contribution in [-0.2, 0) is 7.05 Å². The van der Waals surface area contributed by atoms with Gasteiger partial charge in [0.05, 0.1) is 24.3 Å². The van der Waals surface area contributed by atoms with Crippen molar-refractivity contribution in [3.05, 3.63) is 47.8 Å². The number of pyridine rings is 1. The van der Waals surface area contributed by atoms with Crippen molar-refractivity contribution < 1.29 is 4.79 Å². The molecule has 2 rings (SSSR count). The maximum absolute atomic E-state index is 12.2. The number of carbonyl (C=O) groups excluding carboxylic acids is 1. The molecule has 0 radical (unpaired) electrons. The van der Waals surface area contributed by atoms with Gasteiger partial charge in [-0.1, -0.05) is 6.92 Å². The van der Waals surface area contributed by atoms with Crippen molar-refractivity contribution >= 4 is 5.91 Å². The van der Waals surface area contributed by atoms with Crippen LogP contribution in [0.15, 0.2) is 30.9 Å². The van der Waals surface area contributed by atoms with Crippen LogP contribution >= 0.6 is 0 Å². The number of carbonyl (C=O) groups is 1. The molecule has 100 valence electrons. The van der Waals surface area contributed by atoms with Gasteiger partial charge in [0.15, 0.2) is 0 Å². The maximum atomic E-state index is 12.2. The fourth-order valence-electron chi connectivity index (χ4n) is 1.94. The maximum Gasteiger partial charge on any atom is 0.270 e. The van der Waals surface area contributed by atoms with Gasteiger partial charge in [-0.3, -0.25) is 9.78 Å². The predicted molar refractivity (Wildman–Crippen MR) is 72.7 cm³/mol. The number of amides is 1. The molecule has 0 unspecified atom stereocenters. The third-order valence-electron chi connectivity index (χ3n) is 3.06. The lowest BCUT2D eigenvalue weighted by molar-refractivity contribution is 0.0926. The van der Waals surface area contributed by atoms with Crippen LogP contribution in [0, 0.1) is 6.92 Å². The van der Waals surface area contributed by atoms with Gasteiger partial charge in [-0.2, -0.15) is 0 Å². The first-order valence-electron chi connectivity index (χ1n) is 6.31. The van der Waals surface area contributed by atoms with E-state index in [2.05, 4.69) is 15.3 Å². The van der Waals surface area contributed by atoms with E-state index in [0.717, 1.165) is 17.7 Å². The third-order valence-corrected chi connectivity index (χ3v) is 3.06. The molecule has 5 nitrogen and oxygen atoms in total. The topological polar surface area (TPSA) is 59.8 Å². The highest BCUT2D eigenvalue weighted by atomic mass is 16.2. The summed E-state index contributed by atoms with van der Waals surface area (Å²) >= 11 is 0. The van der Waals surface area contributed by atoms with Gasteiger partial charge in [0, 0.05) is 13.2 Å². The first-order chi connectivity index (χ1) is 9.11. The smallest absolute Gasteiger partial charge is 0.270 e. The van der Waals surface area contributed by atoms with Crippen LogP contribution in [0.25, 0.3) is 0 Å². The average molecular weight is 258 g/mol. The minimum Gasteiger partial charge on any atom is -0.342 e. The number of imidazole rings is 1. The van der Waals surface area contributed by atoms with Crippen LogP contribution in [0.4, 0.5) is 0 Å². The van der Waals surface area contributed by atoms with E-state index in [-0.39, 0.29) is 11.9 Å². The molecule has 1 atom stereocenters. The molecular weight excluding hydrogens is 240 g/mol. The highest BCUT2D eigenvalue weighted by molar-refractivity contribution is 5.92. The molecular formula is C14H18N4O. The first-order valence-corrected chi connectivity index (χ1v) is 6.31. The second-order valence-corrected chi connectivity index (χ2v) is 4.58. The summed E-state index contributed by atoms with van der Waals surface area (Å²) < 4.78 is 1.70. The van der Waals surface area contributed by atoms with Gasteiger partial charge >= 0.3 is 0 Å². The van der Waals surface area contributed by atoms with E-state index < -0.39 is 0 Å². The van der Waals surface area contributed by atoms with Crippen molar-refractivity contribution in [2.75, 3.05) is 0 Å². The Morgan fingerprint density at radius 2 is 2.32 bits per heavy atom. The van der Waals surface area contributed by atoms with Crippen LogP contribution in [-0.4, -0.2) is 20.4 Å². The number of nitrogens with one attached hydrogen (secondary N) is 1. The van der Waals surface area contributed by atoms with Crippen molar-refractivity contribution in [1.29, 1.82) is 0 Å². The monoisotopic (exact) mass is 258 g/mol. The molecule has 0 aliphatic heterocycles. The SMILES string of the molecule is CC[C@@H](NC(=O)c1cncn1C)c1cc(C)ccn1. The lowest BCUT2D eigenvalue weighted by Gasteiger charge is -2.16. The Hall–Kier alpha value is -2.17. The van der Waals surface area contributed by atoms with Crippen molar-refractivity contribution in [2.45, 2.75) is 26.3 Å². The van der Waals surface area contributed by atoms with Gasteiger partial charge in [0.1, 0.15) is 5.69 Å². The van der Waals surface area contributed by atoms with Crippen molar-refractivity contribution in [2.24, 2.45) is 7.05 Å². The molecule has 2 heterocycles. The minimum absolute atomic E-state index is 0.0812. The fraction of sp³-hybridized carbons (Fsp3) is 0.357. The zero-order valence-electron chi connectivity index (χ0n) is 11.4. The summed E-state index contributed by atoms with van der Waals surface area (Å²) in [6, 6.07) is 3.86. The Balaban J connectivity index is 2.16. The second-order valence-electron chi connectivity index (χ2n) is 4.58. The van der Waals surface area contributed by atoms with Crippen molar-refractivity contribution in [3.63, 3.8) is 0 Å². The van der Waals surface area contributed by atoms with Gasteiger partial charge in [0.25, 0.3) is 5.91 Å². The molecule has 2 aromatic heterocycles. The van der Waals surface area contributed by atoms with E-state index in [1.807, 2.05) is 26.0 Å². The molecule has 0 aromatic carbocycles.